The first kappa shape index (κ1) is 21.5. The van der Waals surface area contributed by atoms with Crippen molar-refractivity contribution in [3.63, 3.8) is 0 Å². The van der Waals surface area contributed by atoms with Crippen molar-refractivity contribution >= 4 is 20.7 Å². The summed E-state index contributed by atoms with van der Waals surface area (Å²) >= 11 is 0. The molecule has 0 N–H and O–H groups in total. The van der Waals surface area contributed by atoms with Crippen LogP contribution in [0, 0.1) is 0 Å². The molecule has 1 aliphatic rings. The molecule has 1 unspecified atom stereocenters. The van der Waals surface area contributed by atoms with E-state index in [2.05, 4.69) is 20.9 Å². The van der Waals surface area contributed by atoms with Gasteiger partial charge in [-0.1, -0.05) is 0 Å². The number of pyridine rings is 2. The molecule has 1 saturated heterocycles. The van der Waals surface area contributed by atoms with Gasteiger partial charge in [0.1, 0.15) is 5.75 Å². The number of benzene rings is 1. The van der Waals surface area contributed by atoms with Crippen LogP contribution in [0.1, 0.15) is 30.0 Å². The summed E-state index contributed by atoms with van der Waals surface area (Å²) in [6, 6.07) is 11.3. The lowest BCUT2D eigenvalue weighted by atomic mass is 9.94. The fraction of sp³-hybridized carbons (Fsp3) is 0.391. The highest BCUT2D eigenvalue weighted by Crippen LogP contribution is 2.32. The lowest BCUT2D eigenvalue weighted by Crippen LogP contribution is -2.34. The van der Waals surface area contributed by atoms with Crippen LogP contribution < -0.4 is 9.47 Å². The smallest absolute Gasteiger partial charge is 0.218 e. The molecule has 1 fully saturated rings. The minimum absolute atomic E-state index is 0.0725. The van der Waals surface area contributed by atoms with E-state index in [9.17, 15) is 8.42 Å². The number of sulfone groups is 1. The third-order valence-corrected chi connectivity index (χ3v) is 6.89. The Morgan fingerprint density at radius 1 is 1.16 bits per heavy atom. The molecule has 1 aliphatic heterocycles. The normalized spacial score (nSPS) is 17.6. The number of piperidine rings is 1. The molecular formula is C23H27N3O4S. The van der Waals surface area contributed by atoms with E-state index in [1.807, 2.05) is 18.2 Å². The van der Waals surface area contributed by atoms with Crippen molar-refractivity contribution in [2.45, 2.75) is 30.2 Å². The number of nitrogens with zero attached hydrogens (tertiary/aromatic N) is 3. The second kappa shape index (κ2) is 8.80. The highest BCUT2D eigenvalue weighted by Gasteiger charge is 2.27. The van der Waals surface area contributed by atoms with Gasteiger partial charge in [0.2, 0.25) is 5.88 Å². The quantitative estimate of drug-likeness (QED) is 0.580. The highest BCUT2D eigenvalue weighted by atomic mass is 32.2. The molecule has 2 aromatic heterocycles. The third kappa shape index (κ3) is 4.65. The molecule has 1 aromatic carbocycles. The first-order valence-corrected chi connectivity index (χ1v) is 12.2. The van der Waals surface area contributed by atoms with Gasteiger partial charge in [0.05, 0.1) is 30.3 Å². The molecule has 31 heavy (non-hydrogen) atoms. The number of methoxy groups -OCH3 is 2. The molecule has 0 saturated carbocycles. The summed E-state index contributed by atoms with van der Waals surface area (Å²) in [5, 5.41) is 1.02. The molecule has 0 spiro atoms. The summed E-state index contributed by atoms with van der Waals surface area (Å²) in [4.78, 5) is 11.8. The van der Waals surface area contributed by atoms with Crippen LogP contribution in [0.2, 0.25) is 0 Å². The molecule has 0 aliphatic carbocycles. The second-order valence-electron chi connectivity index (χ2n) is 7.95. The first-order valence-electron chi connectivity index (χ1n) is 10.3. The van der Waals surface area contributed by atoms with Gasteiger partial charge in [-0.05, 0) is 49.7 Å². The molecule has 164 valence electrons. The van der Waals surface area contributed by atoms with Crippen LogP contribution in [-0.2, 0) is 16.4 Å². The highest BCUT2D eigenvalue weighted by molar-refractivity contribution is 7.90. The maximum Gasteiger partial charge on any atom is 0.218 e. The van der Waals surface area contributed by atoms with Crippen LogP contribution >= 0.6 is 0 Å². The Kier molecular flexibility index (Phi) is 6.11. The lowest BCUT2D eigenvalue weighted by Gasteiger charge is -2.33. The number of hydrogen-bond donors (Lipinski definition) is 0. The van der Waals surface area contributed by atoms with Crippen LogP contribution in [0.25, 0.3) is 10.9 Å². The second-order valence-corrected chi connectivity index (χ2v) is 9.93. The van der Waals surface area contributed by atoms with Crippen LogP contribution in [0.5, 0.6) is 11.6 Å². The Hall–Kier alpha value is -2.71. The van der Waals surface area contributed by atoms with Gasteiger partial charge in [-0.25, -0.2) is 13.4 Å². The van der Waals surface area contributed by atoms with E-state index in [0.717, 1.165) is 48.1 Å². The average molecular weight is 442 g/mol. The van der Waals surface area contributed by atoms with Crippen molar-refractivity contribution in [3.05, 3.63) is 53.9 Å². The SMILES string of the molecule is COc1ccc2cc(CN3CCCC(c4ncccc4S(C)(=O)=O)C3)c(OC)nc2c1. The zero-order valence-corrected chi connectivity index (χ0v) is 18.9. The summed E-state index contributed by atoms with van der Waals surface area (Å²) in [7, 11) is -0.0579. The van der Waals surface area contributed by atoms with Crippen molar-refractivity contribution in [1.82, 2.24) is 14.9 Å². The first-order chi connectivity index (χ1) is 14.9. The predicted molar refractivity (Wildman–Crippen MR) is 119 cm³/mol. The maximum absolute atomic E-state index is 12.2. The van der Waals surface area contributed by atoms with Gasteiger partial charge in [0.15, 0.2) is 9.84 Å². The van der Waals surface area contributed by atoms with E-state index in [-0.39, 0.29) is 5.92 Å². The van der Waals surface area contributed by atoms with Crippen LogP contribution in [0.15, 0.2) is 47.5 Å². The summed E-state index contributed by atoms with van der Waals surface area (Å²) in [6.07, 6.45) is 4.82. The van der Waals surface area contributed by atoms with Crippen molar-refractivity contribution in [3.8, 4) is 11.6 Å². The molecule has 0 bridgehead atoms. The minimum Gasteiger partial charge on any atom is -0.497 e. The molecule has 4 rings (SSSR count). The van der Waals surface area contributed by atoms with E-state index >= 15 is 0 Å². The van der Waals surface area contributed by atoms with E-state index in [4.69, 9.17) is 9.47 Å². The Balaban J connectivity index is 1.60. The number of likely N-dealkylation sites (tertiary alicyclic amines) is 1. The fourth-order valence-electron chi connectivity index (χ4n) is 4.28. The van der Waals surface area contributed by atoms with Gasteiger partial charge in [-0.3, -0.25) is 9.88 Å². The summed E-state index contributed by atoms with van der Waals surface area (Å²) in [5.74, 6) is 1.42. The van der Waals surface area contributed by atoms with Gasteiger partial charge in [0.25, 0.3) is 0 Å². The summed E-state index contributed by atoms with van der Waals surface area (Å²) in [5.41, 5.74) is 2.50. The number of ether oxygens (including phenoxy) is 2. The fourth-order valence-corrected chi connectivity index (χ4v) is 5.20. The van der Waals surface area contributed by atoms with Gasteiger partial charge in [0, 0.05) is 48.5 Å². The standard InChI is InChI=1S/C23H27N3O4S/c1-29-19-9-8-16-12-18(23(30-2)25-20(16)13-19)15-26-11-5-6-17(14-26)22-21(31(3,27)28)7-4-10-24-22/h4,7-10,12-13,17H,5-6,11,14-15H2,1-3H3. The van der Waals surface area contributed by atoms with Gasteiger partial charge in [-0.15, -0.1) is 0 Å². The molecule has 3 heterocycles. The minimum atomic E-state index is -3.32. The average Bonchev–Trinajstić information content (AvgIpc) is 2.78. The molecule has 7 nitrogen and oxygen atoms in total. The van der Waals surface area contributed by atoms with Crippen molar-refractivity contribution in [2.75, 3.05) is 33.6 Å². The Morgan fingerprint density at radius 2 is 2.00 bits per heavy atom. The monoisotopic (exact) mass is 441 g/mol. The van der Waals surface area contributed by atoms with Crippen molar-refractivity contribution < 1.29 is 17.9 Å². The molecule has 0 radical (unpaired) electrons. The Labute approximate surface area is 183 Å². The zero-order chi connectivity index (χ0) is 22.0. The number of hydrogen-bond acceptors (Lipinski definition) is 7. The zero-order valence-electron chi connectivity index (χ0n) is 18.0. The number of aromatic nitrogens is 2. The molecule has 0 amide bonds. The van der Waals surface area contributed by atoms with Crippen LogP contribution in [-0.4, -0.2) is 56.9 Å². The largest absolute Gasteiger partial charge is 0.497 e. The van der Waals surface area contributed by atoms with E-state index in [0.29, 0.717) is 23.0 Å². The molecule has 3 aromatic rings. The molecule has 1 atom stereocenters. The predicted octanol–water partition coefficient (Wildman–Crippen LogP) is 3.43. The van der Waals surface area contributed by atoms with Gasteiger partial charge < -0.3 is 9.47 Å². The van der Waals surface area contributed by atoms with E-state index < -0.39 is 9.84 Å². The van der Waals surface area contributed by atoms with Crippen molar-refractivity contribution in [1.29, 1.82) is 0 Å². The van der Waals surface area contributed by atoms with Gasteiger partial charge in [-0.2, -0.15) is 0 Å². The maximum atomic E-state index is 12.2. The van der Waals surface area contributed by atoms with Crippen LogP contribution in [0.3, 0.4) is 0 Å². The molecule has 8 heteroatoms. The molecular weight excluding hydrogens is 414 g/mol. The van der Waals surface area contributed by atoms with E-state index in [1.54, 1.807) is 32.5 Å². The van der Waals surface area contributed by atoms with Crippen LogP contribution in [0.4, 0.5) is 0 Å². The Bertz CT molecular complexity index is 1200. The summed E-state index contributed by atoms with van der Waals surface area (Å²) in [6.45, 7) is 2.35. The summed E-state index contributed by atoms with van der Waals surface area (Å²) < 4.78 is 35.3. The van der Waals surface area contributed by atoms with E-state index in [1.165, 1.54) is 6.26 Å². The van der Waals surface area contributed by atoms with Crippen molar-refractivity contribution in [2.24, 2.45) is 0 Å². The lowest BCUT2D eigenvalue weighted by molar-refractivity contribution is 0.194. The number of rotatable bonds is 6. The topological polar surface area (TPSA) is 81.6 Å². The number of fused-ring (bicyclic) bond motifs is 1. The third-order valence-electron chi connectivity index (χ3n) is 5.74. The van der Waals surface area contributed by atoms with Gasteiger partial charge >= 0.3 is 0 Å². The Morgan fingerprint density at radius 3 is 2.74 bits per heavy atom.